The zero-order valence-corrected chi connectivity index (χ0v) is 15.8. The lowest BCUT2D eigenvalue weighted by Gasteiger charge is -2.23. The summed E-state index contributed by atoms with van der Waals surface area (Å²) < 4.78 is 26.6. The third-order valence-electron chi connectivity index (χ3n) is 4.84. The molecule has 1 aliphatic rings. The normalized spacial score (nSPS) is 15.7. The van der Waals surface area contributed by atoms with Crippen molar-refractivity contribution in [2.75, 3.05) is 11.1 Å². The van der Waals surface area contributed by atoms with Gasteiger partial charge in [-0.2, -0.15) is 5.10 Å². The molecule has 1 aliphatic carbocycles. The van der Waals surface area contributed by atoms with Gasteiger partial charge in [-0.3, -0.25) is 4.79 Å². The van der Waals surface area contributed by atoms with Crippen molar-refractivity contribution in [2.45, 2.75) is 56.4 Å². The summed E-state index contributed by atoms with van der Waals surface area (Å²) in [5, 5.41) is 7.16. The van der Waals surface area contributed by atoms with Crippen molar-refractivity contribution in [2.24, 2.45) is 0 Å². The predicted octanol–water partition coefficient (Wildman–Crippen LogP) is 3.50. The fourth-order valence-electron chi connectivity index (χ4n) is 3.33. The maximum atomic E-state index is 12.4. The molecule has 0 bridgehead atoms. The van der Waals surface area contributed by atoms with E-state index in [9.17, 15) is 13.2 Å². The zero-order chi connectivity index (χ0) is 18.6. The van der Waals surface area contributed by atoms with Crippen molar-refractivity contribution in [1.82, 2.24) is 9.78 Å². The first kappa shape index (κ1) is 18.6. The zero-order valence-electron chi connectivity index (χ0n) is 15.0. The minimum Gasteiger partial charge on any atom is -0.311 e. The van der Waals surface area contributed by atoms with Gasteiger partial charge >= 0.3 is 0 Å². The largest absolute Gasteiger partial charge is 0.311 e. The van der Waals surface area contributed by atoms with E-state index in [1.807, 2.05) is 11.6 Å². The predicted molar refractivity (Wildman–Crippen MR) is 101 cm³/mol. The Bertz CT molecular complexity index is 850. The Hall–Kier alpha value is -2.15. The fraction of sp³-hybridized carbons (Fsp3) is 0.474. The minimum absolute atomic E-state index is 0.0773. The maximum absolute atomic E-state index is 12.4. The molecule has 1 heterocycles. The van der Waals surface area contributed by atoms with E-state index < -0.39 is 9.84 Å². The number of aryl methyl sites for hydroxylation is 1. The lowest BCUT2D eigenvalue weighted by molar-refractivity contribution is -0.115. The molecule has 2 aromatic rings. The van der Waals surface area contributed by atoms with Crippen LogP contribution in [0, 0.1) is 6.92 Å². The SMILES string of the molecule is Cc1ccc(S(=O)(=O)CCC(=O)Nc2ccnn2C2CCCCC2)cc1. The molecule has 1 saturated carbocycles. The van der Waals surface area contributed by atoms with E-state index in [-0.39, 0.29) is 23.0 Å². The molecule has 0 radical (unpaired) electrons. The van der Waals surface area contributed by atoms with Crippen LogP contribution in [0.3, 0.4) is 0 Å². The molecular weight excluding hydrogens is 350 g/mol. The third kappa shape index (κ3) is 4.52. The van der Waals surface area contributed by atoms with Crippen molar-refractivity contribution in [1.29, 1.82) is 0 Å². The van der Waals surface area contributed by atoms with E-state index in [4.69, 9.17) is 0 Å². The standard InChI is InChI=1S/C19H25N3O3S/c1-15-7-9-17(10-8-15)26(24,25)14-12-19(23)21-18-11-13-20-22(18)16-5-3-2-4-6-16/h7-11,13,16H,2-6,12,14H2,1H3,(H,21,23). The van der Waals surface area contributed by atoms with Gasteiger partial charge in [-0.15, -0.1) is 0 Å². The van der Waals surface area contributed by atoms with Crippen LogP contribution in [0.2, 0.25) is 0 Å². The molecule has 0 saturated heterocycles. The first-order chi connectivity index (χ1) is 12.5. The Balaban J connectivity index is 1.59. The van der Waals surface area contributed by atoms with Crippen LogP contribution in [0.25, 0.3) is 0 Å². The van der Waals surface area contributed by atoms with Gasteiger partial charge in [-0.1, -0.05) is 37.0 Å². The first-order valence-corrected chi connectivity index (χ1v) is 10.7. The van der Waals surface area contributed by atoms with Gasteiger partial charge in [0.2, 0.25) is 5.91 Å². The van der Waals surface area contributed by atoms with Crippen LogP contribution in [0.5, 0.6) is 0 Å². The van der Waals surface area contributed by atoms with E-state index in [0.717, 1.165) is 18.4 Å². The topological polar surface area (TPSA) is 81.1 Å². The van der Waals surface area contributed by atoms with Crippen LogP contribution < -0.4 is 5.32 Å². The molecule has 7 heteroatoms. The molecule has 1 amide bonds. The van der Waals surface area contributed by atoms with Crippen molar-refractivity contribution < 1.29 is 13.2 Å². The number of benzene rings is 1. The van der Waals surface area contributed by atoms with Crippen molar-refractivity contribution in [3.8, 4) is 0 Å². The summed E-state index contributed by atoms with van der Waals surface area (Å²) in [4.78, 5) is 12.5. The highest BCUT2D eigenvalue weighted by molar-refractivity contribution is 7.91. The van der Waals surface area contributed by atoms with Crippen LogP contribution in [0.4, 0.5) is 5.82 Å². The van der Waals surface area contributed by atoms with Gasteiger partial charge in [0.25, 0.3) is 0 Å². The number of rotatable bonds is 6. The van der Waals surface area contributed by atoms with E-state index in [0.29, 0.717) is 11.9 Å². The molecule has 0 spiro atoms. The molecule has 3 rings (SSSR count). The number of hydrogen-bond acceptors (Lipinski definition) is 4. The number of sulfone groups is 1. The van der Waals surface area contributed by atoms with E-state index in [1.165, 1.54) is 19.3 Å². The summed E-state index contributed by atoms with van der Waals surface area (Å²) in [7, 11) is -3.46. The van der Waals surface area contributed by atoms with Gasteiger partial charge in [0.15, 0.2) is 9.84 Å². The summed E-state index contributed by atoms with van der Waals surface area (Å²) in [6.07, 6.45) is 7.31. The lowest BCUT2D eigenvalue weighted by Crippen LogP contribution is -2.22. The molecule has 0 aliphatic heterocycles. The first-order valence-electron chi connectivity index (χ1n) is 9.08. The molecular formula is C19H25N3O3S. The summed E-state index contributed by atoms with van der Waals surface area (Å²) >= 11 is 0. The second-order valence-corrected chi connectivity index (χ2v) is 8.99. The van der Waals surface area contributed by atoms with Gasteiger partial charge in [0, 0.05) is 12.5 Å². The second-order valence-electron chi connectivity index (χ2n) is 6.88. The Morgan fingerprint density at radius 2 is 1.85 bits per heavy atom. The lowest BCUT2D eigenvalue weighted by atomic mass is 9.96. The quantitative estimate of drug-likeness (QED) is 0.838. The highest BCUT2D eigenvalue weighted by Gasteiger charge is 2.20. The van der Waals surface area contributed by atoms with Crippen LogP contribution >= 0.6 is 0 Å². The van der Waals surface area contributed by atoms with Gasteiger partial charge in [-0.05, 0) is 31.9 Å². The third-order valence-corrected chi connectivity index (χ3v) is 6.57. The molecule has 0 unspecified atom stereocenters. The minimum atomic E-state index is -3.46. The van der Waals surface area contributed by atoms with Crippen LogP contribution in [-0.2, 0) is 14.6 Å². The van der Waals surface area contributed by atoms with E-state index in [1.54, 1.807) is 36.5 Å². The van der Waals surface area contributed by atoms with Crippen molar-refractivity contribution in [3.63, 3.8) is 0 Å². The van der Waals surface area contributed by atoms with E-state index >= 15 is 0 Å². The average Bonchev–Trinajstić information content (AvgIpc) is 3.09. The Labute approximate surface area is 154 Å². The second kappa shape index (κ2) is 8.03. The van der Waals surface area contributed by atoms with Gasteiger partial charge < -0.3 is 5.32 Å². The average molecular weight is 375 g/mol. The smallest absolute Gasteiger partial charge is 0.226 e. The number of anilines is 1. The van der Waals surface area contributed by atoms with Gasteiger partial charge in [0.05, 0.1) is 22.9 Å². The molecule has 26 heavy (non-hydrogen) atoms. The summed E-state index contributed by atoms with van der Waals surface area (Å²) in [6.45, 7) is 1.90. The molecule has 1 fully saturated rings. The molecule has 1 N–H and O–H groups in total. The number of nitrogens with one attached hydrogen (secondary N) is 1. The summed E-state index contributed by atoms with van der Waals surface area (Å²) in [5.41, 5.74) is 0.998. The summed E-state index contributed by atoms with van der Waals surface area (Å²) in [6, 6.07) is 8.76. The van der Waals surface area contributed by atoms with E-state index in [2.05, 4.69) is 10.4 Å². The summed E-state index contributed by atoms with van der Waals surface area (Å²) in [5.74, 6) is 0.132. The number of carbonyl (C=O) groups is 1. The molecule has 1 aromatic carbocycles. The molecule has 1 aromatic heterocycles. The van der Waals surface area contributed by atoms with Gasteiger partial charge in [-0.25, -0.2) is 13.1 Å². The Morgan fingerprint density at radius 1 is 1.15 bits per heavy atom. The van der Waals surface area contributed by atoms with Gasteiger partial charge in [0.1, 0.15) is 5.82 Å². The number of nitrogens with zero attached hydrogens (tertiary/aromatic N) is 2. The highest BCUT2D eigenvalue weighted by Crippen LogP contribution is 2.29. The van der Waals surface area contributed by atoms with Crippen LogP contribution in [-0.4, -0.2) is 29.9 Å². The maximum Gasteiger partial charge on any atom is 0.226 e. The molecule has 0 atom stereocenters. The highest BCUT2D eigenvalue weighted by atomic mass is 32.2. The molecule has 140 valence electrons. The number of hydrogen-bond donors (Lipinski definition) is 1. The van der Waals surface area contributed by atoms with Crippen LogP contribution in [0.1, 0.15) is 50.1 Å². The monoisotopic (exact) mass is 375 g/mol. The number of amides is 1. The fourth-order valence-corrected chi connectivity index (χ4v) is 4.57. The van der Waals surface area contributed by atoms with Crippen molar-refractivity contribution in [3.05, 3.63) is 42.1 Å². The van der Waals surface area contributed by atoms with Crippen molar-refractivity contribution >= 4 is 21.6 Å². The Morgan fingerprint density at radius 3 is 2.54 bits per heavy atom. The Kier molecular flexibility index (Phi) is 5.76. The number of carbonyl (C=O) groups excluding carboxylic acids is 1. The van der Waals surface area contributed by atoms with Crippen LogP contribution in [0.15, 0.2) is 41.4 Å². The number of aromatic nitrogens is 2. The molecule has 6 nitrogen and oxygen atoms in total.